The zero-order valence-electron chi connectivity index (χ0n) is 11.6. The molecule has 5 rings (SSSR count). The van der Waals surface area contributed by atoms with E-state index in [1.807, 2.05) is 0 Å². The van der Waals surface area contributed by atoms with Crippen LogP contribution in [0.2, 0.25) is 0 Å². The molecule has 0 aromatic heterocycles. The van der Waals surface area contributed by atoms with Crippen LogP contribution in [0.3, 0.4) is 0 Å². The summed E-state index contributed by atoms with van der Waals surface area (Å²) in [6, 6.07) is 0. The minimum absolute atomic E-state index is 0. The van der Waals surface area contributed by atoms with Gasteiger partial charge >= 0.3 is 5.97 Å². The van der Waals surface area contributed by atoms with E-state index in [4.69, 9.17) is 15.2 Å². The molecular formula is C11H18ClN3O8. The molecule has 4 heterocycles. The first-order valence-electron chi connectivity index (χ1n) is 6.77. The molecular weight excluding hydrogens is 338 g/mol. The van der Waals surface area contributed by atoms with E-state index < -0.39 is 60.3 Å². The summed E-state index contributed by atoms with van der Waals surface area (Å²) in [5.41, 5.74) is 1.74. The van der Waals surface area contributed by atoms with E-state index in [0.29, 0.717) is 0 Å². The topological polar surface area (TPSA) is 190 Å². The van der Waals surface area contributed by atoms with Crippen LogP contribution in [-0.4, -0.2) is 91.0 Å². The van der Waals surface area contributed by atoms with E-state index in [9.17, 15) is 30.6 Å². The van der Waals surface area contributed by atoms with Crippen LogP contribution in [0.4, 0.5) is 0 Å². The van der Waals surface area contributed by atoms with Gasteiger partial charge in [0.1, 0.15) is 29.5 Å². The highest BCUT2D eigenvalue weighted by molar-refractivity contribution is 5.85. The van der Waals surface area contributed by atoms with Crippen LogP contribution in [0.15, 0.2) is 4.99 Å². The van der Waals surface area contributed by atoms with Gasteiger partial charge in [-0.25, -0.2) is 4.99 Å². The summed E-state index contributed by atoms with van der Waals surface area (Å²) in [5.74, 6) is -3.95. The van der Waals surface area contributed by atoms with Gasteiger partial charge in [-0.2, -0.15) is 0 Å². The highest BCUT2D eigenvalue weighted by atomic mass is 35.5. The Morgan fingerprint density at radius 1 is 1.17 bits per heavy atom. The third kappa shape index (κ3) is 1.64. The summed E-state index contributed by atoms with van der Waals surface area (Å²) in [6.45, 7) is -0.857. The number of aliphatic imine (C=N–C) groups is 1. The molecule has 12 heteroatoms. The fraction of sp³-hybridized carbons (Fsp3) is 0.909. The average molecular weight is 356 g/mol. The van der Waals surface area contributed by atoms with Gasteiger partial charge < -0.3 is 51.2 Å². The first kappa shape index (κ1) is 17.1. The van der Waals surface area contributed by atoms with Crippen molar-refractivity contribution in [3.8, 4) is 0 Å². The fourth-order valence-corrected chi connectivity index (χ4v) is 4.24. The van der Waals surface area contributed by atoms with Crippen LogP contribution in [0.25, 0.3) is 0 Å². The monoisotopic (exact) mass is 355 g/mol. The fourth-order valence-electron chi connectivity index (χ4n) is 4.24. The third-order valence-corrected chi connectivity index (χ3v) is 5.22. The molecule has 11 nitrogen and oxygen atoms in total. The van der Waals surface area contributed by atoms with Crippen molar-refractivity contribution < 1.29 is 40.1 Å². The second-order valence-electron chi connectivity index (χ2n) is 6.22. The van der Waals surface area contributed by atoms with Crippen LogP contribution < -0.4 is 11.1 Å². The van der Waals surface area contributed by atoms with Crippen molar-refractivity contribution in [2.24, 2.45) is 16.6 Å². The van der Waals surface area contributed by atoms with E-state index in [2.05, 4.69) is 10.3 Å². The zero-order valence-corrected chi connectivity index (χ0v) is 12.4. The largest absolute Gasteiger partial charge is 0.393 e. The van der Waals surface area contributed by atoms with E-state index in [1.165, 1.54) is 0 Å². The van der Waals surface area contributed by atoms with Crippen molar-refractivity contribution in [1.29, 1.82) is 0 Å². The van der Waals surface area contributed by atoms with Crippen molar-refractivity contribution in [2.75, 3.05) is 6.61 Å². The highest BCUT2D eigenvalue weighted by Crippen LogP contribution is 2.58. The van der Waals surface area contributed by atoms with Gasteiger partial charge in [0.05, 0.1) is 12.5 Å². The molecule has 3 saturated heterocycles. The number of aliphatic hydroxyl groups is 6. The number of nitrogens with zero attached hydrogens (tertiary/aromatic N) is 1. The number of ether oxygens (including phenoxy) is 2. The zero-order chi connectivity index (χ0) is 16.1. The number of hydrogen-bond acceptors (Lipinski definition) is 11. The lowest BCUT2D eigenvalue weighted by atomic mass is 9.55. The van der Waals surface area contributed by atoms with Gasteiger partial charge in [-0.15, -0.1) is 12.4 Å². The maximum Gasteiger partial charge on any atom is 0.311 e. The van der Waals surface area contributed by atoms with Gasteiger partial charge in [-0.3, -0.25) is 0 Å². The Morgan fingerprint density at radius 2 is 1.78 bits per heavy atom. The summed E-state index contributed by atoms with van der Waals surface area (Å²) >= 11 is 0. The molecule has 5 aliphatic rings. The Bertz CT molecular complexity index is 567. The molecule has 0 radical (unpaired) electrons. The number of halogens is 1. The standard InChI is InChI=1S/C11H17N3O8.ClH/c12-8-13-6(17)2-4-9(19,1-15)5-3(16)10(2,14-8)7(18)11(20,21-4)22-5;/h2-7,15-20H,1H2,(H3,12,13,14);1H/t2-,3?,4-,5+,6-,7+,9+,10-,11+;/m1./s1. The van der Waals surface area contributed by atoms with Gasteiger partial charge in [0, 0.05) is 0 Å². The minimum Gasteiger partial charge on any atom is -0.393 e. The lowest BCUT2D eigenvalue weighted by molar-refractivity contribution is -0.548. The quantitative estimate of drug-likeness (QED) is 0.226. The molecule has 1 aliphatic carbocycles. The van der Waals surface area contributed by atoms with E-state index >= 15 is 0 Å². The number of hydrogen-bond donors (Lipinski definition) is 8. The van der Waals surface area contributed by atoms with Crippen LogP contribution in [0.1, 0.15) is 0 Å². The number of rotatable bonds is 1. The highest BCUT2D eigenvalue weighted by Gasteiger charge is 2.82. The molecule has 23 heavy (non-hydrogen) atoms. The smallest absolute Gasteiger partial charge is 0.311 e. The summed E-state index contributed by atoms with van der Waals surface area (Å²) in [6.07, 6.45) is -7.77. The predicted octanol–water partition coefficient (Wildman–Crippen LogP) is -5.10. The Morgan fingerprint density at radius 3 is 2.39 bits per heavy atom. The first-order chi connectivity index (χ1) is 10.2. The van der Waals surface area contributed by atoms with Gasteiger partial charge in [0.2, 0.25) is 0 Å². The third-order valence-electron chi connectivity index (χ3n) is 5.22. The van der Waals surface area contributed by atoms with Gasteiger partial charge in [-0.05, 0) is 0 Å². The molecule has 1 saturated carbocycles. The Kier molecular flexibility index (Phi) is 3.46. The molecule has 4 bridgehead atoms. The maximum absolute atomic E-state index is 10.6. The second kappa shape index (κ2) is 4.65. The van der Waals surface area contributed by atoms with Crippen molar-refractivity contribution >= 4 is 18.4 Å². The van der Waals surface area contributed by atoms with E-state index in [-0.39, 0.29) is 18.4 Å². The van der Waals surface area contributed by atoms with Crippen molar-refractivity contribution in [1.82, 2.24) is 5.32 Å². The molecule has 132 valence electrons. The molecule has 9 N–H and O–H groups in total. The minimum atomic E-state index is -2.52. The maximum atomic E-state index is 10.6. The summed E-state index contributed by atoms with van der Waals surface area (Å²) in [5, 5.41) is 64.3. The number of aliphatic hydroxyl groups excluding tert-OH is 4. The van der Waals surface area contributed by atoms with E-state index in [1.54, 1.807) is 0 Å². The van der Waals surface area contributed by atoms with Crippen molar-refractivity contribution in [3.63, 3.8) is 0 Å². The van der Waals surface area contributed by atoms with E-state index in [0.717, 1.165) is 0 Å². The van der Waals surface area contributed by atoms with Gasteiger partial charge in [0.25, 0.3) is 0 Å². The number of nitrogens with two attached hydrogens (primary N) is 1. The molecule has 0 aromatic carbocycles. The van der Waals surface area contributed by atoms with Gasteiger partial charge in [-0.1, -0.05) is 0 Å². The summed E-state index contributed by atoms with van der Waals surface area (Å²) in [4.78, 5) is 3.70. The SMILES string of the molecule is Cl.NC1=N[C@H](O)[C@H]2[C@H]3O[C@]4(O)O[C@@H](C(O)[C@@]2(N1)[C@@H]4O)[C@]3(O)CO. The average Bonchev–Trinajstić information content (AvgIpc) is 2.45. The van der Waals surface area contributed by atoms with Crippen LogP contribution >= 0.6 is 12.4 Å². The molecule has 1 spiro atoms. The Balaban J connectivity index is 0.00000156. The lowest BCUT2D eigenvalue weighted by Crippen LogP contribution is -2.95. The van der Waals surface area contributed by atoms with Crippen LogP contribution in [-0.2, 0) is 9.47 Å². The molecule has 1 unspecified atom stereocenters. The predicted molar refractivity (Wildman–Crippen MR) is 73.0 cm³/mol. The molecule has 4 aliphatic heterocycles. The van der Waals surface area contributed by atoms with Crippen molar-refractivity contribution in [2.45, 2.75) is 47.8 Å². The van der Waals surface area contributed by atoms with Crippen LogP contribution in [0, 0.1) is 5.92 Å². The molecule has 0 amide bonds. The lowest BCUT2D eigenvalue weighted by Gasteiger charge is -2.71. The second-order valence-corrected chi connectivity index (χ2v) is 6.22. The van der Waals surface area contributed by atoms with Crippen LogP contribution in [0.5, 0.6) is 0 Å². The first-order valence-corrected chi connectivity index (χ1v) is 6.77. The molecule has 9 atom stereocenters. The summed E-state index contributed by atoms with van der Waals surface area (Å²) in [7, 11) is 0. The van der Waals surface area contributed by atoms with Crippen molar-refractivity contribution in [3.05, 3.63) is 0 Å². The molecule has 0 aromatic rings. The number of nitrogens with one attached hydrogen (secondary N) is 1. The Labute approximate surface area is 135 Å². The Hall–Kier alpha value is -0.760. The summed E-state index contributed by atoms with van der Waals surface area (Å²) < 4.78 is 10.3. The number of guanidine groups is 1. The van der Waals surface area contributed by atoms with Gasteiger partial charge in [0.15, 0.2) is 18.3 Å². The molecule has 4 fully saturated rings. The normalized spacial score (nSPS) is 59.7.